The van der Waals surface area contributed by atoms with Gasteiger partial charge in [0.25, 0.3) is 5.22 Å². The van der Waals surface area contributed by atoms with Gasteiger partial charge in [0.05, 0.1) is 5.75 Å². The van der Waals surface area contributed by atoms with E-state index in [9.17, 15) is 4.79 Å². The molecule has 9 heteroatoms. The number of hydrogen-bond donors (Lipinski definition) is 0. The van der Waals surface area contributed by atoms with Gasteiger partial charge in [-0.15, -0.1) is 10.2 Å². The number of likely N-dealkylation sites (tertiary alicyclic amines) is 1. The van der Waals surface area contributed by atoms with Crippen molar-refractivity contribution < 1.29 is 9.21 Å². The first-order valence-electron chi connectivity index (χ1n) is 8.89. The lowest BCUT2D eigenvalue weighted by atomic mass is 9.97. The molecule has 1 aliphatic rings. The number of aromatic nitrogens is 4. The number of carbonyl (C=O) groups excluding carboxylic acids is 1. The molecule has 3 rings (SSSR count). The molecule has 0 spiro atoms. The number of imidazole rings is 1. The number of hydrogen-bond acceptors (Lipinski definition) is 7. The first-order chi connectivity index (χ1) is 12.5. The van der Waals surface area contributed by atoms with Gasteiger partial charge in [-0.3, -0.25) is 4.79 Å². The van der Waals surface area contributed by atoms with Gasteiger partial charge in [-0.25, -0.2) is 4.98 Å². The molecule has 0 aliphatic carbocycles. The van der Waals surface area contributed by atoms with Crippen molar-refractivity contribution in [3.63, 3.8) is 0 Å². The Morgan fingerprint density at radius 2 is 2.27 bits per heavy atom. The van der Waals surface area contributed by atoms with Gasteiger partial charge in [0.15, 0.2) is 0 Å². The van der Waals surface area contributed by atoms with Gasteiger partial charge in [-0.1, -0.05) is 11.8 Å². The van der Waals surface area contributed by atoms with E-state index in [4.69, 9.17) is 4.42 Å². The van der Waals surface area contributed by atoms with E-state index in [2.05, 4.69) is 38.7 Å². The minimum Gasteiger partial charge on any atom is -0.416 e. The van der Waals surface area contributed by atoms with Gasteiger partial charge in [0, 0.05) is 51.4 Å². The Bertz CT molecular complexity index is 728. The van der Waals surface area contributed by atoms with Crippen LogP contribution in [0.1, 0.15) is 30.5 Å². The number of thioether (sulfide) groups is 1. The summed E-state index contributed by atoms with van der Waals surface area (Å²) in [6.45, 7) is 5.16. The van der Waals surface area contributed by atoms with Gasteiger partial charge in [0.1, 0.15) is 5.82 Å². The van der Waals surface area contributed by atoms with Crippen LogP contribution in [0.15, 0.2) is 22.0 Å². The Balaban J connectivity index is 1.57. The highest BCUT2D eigenvalue weighted by Gasteiger charge is 2.27. The van der Waals surface area contributed by atoms with E-state index in [1.54, 1.807) is 6.92 Å². The molecule has 0 saturated carbocycles. The fraction of sp³-hybridized carbons (Fsp3) is 0.647. The largest absolute Gasteiger partial charge is 0.416 e. The van der Waals surface area contributed by atoms with E-state index in [0.717, 1.165) is 44.8 Å². The lowest BCUT2D eigenvalue weighted by molar-refractivity contribution is -0.129. The summed E-state index contributed by atoms with van der Waals surface area (Å²) in [5.74, 6) is 2.33. The summed E-state index contributed by atoms with van der Waals surface area (Å²) in [7, 11) is 4.14. The zero-order chi connectivity index (χ0) is 18.5. The molecule has 142 valence electrons. The molecule has 3 heterocycles. The third-order valence-electron chi connectivity index (χ3n) is 4.50. The normalized spacial score (nSPS) is 17.8. The van der Waals surface area contributed by atoms with Crippen molar-refractivity contribution >= 4 is 17.7 Å². The number of amides is 1. The lowest BCUT2D eigenvalue weighted by Crippen LogP contribution is -2.40. The molecular weight excluding hydrogens is 352 g/mol. The van der Waals surface area contributed by atoms with E-state index in [0.29, 0.717) is 22.8 Å². The molecule has 26 heavy (non-hydrogen) atoms. The minimum absolute atomic E-state index is 0.113. The van der Waals surface area contributed by atoms with Crippen LogP contribution >= 0.6 is 11.8 Å². The van der Waals surface area contributed by atoms with Crippen LogP contribution in [-0.2, 0) is 11.3 Å². The quantitative estimate of drug-likeness (QED) is 0.678. The summed E-state index contributed by atoms with van der Waals surface area (Å²) < 4.78 is 7.53. The predicted octanol–water partition coefficient (Wildman–Crippen LogP) is 1.63. The van der Waals surface area contributed by atoms with Crippen LogP contribution in [0.4, 0.5) is 0 Å². The van der Waals surface area contributed by atoms with E-state index in [-0.39, 0.29) is 5.91 Å². The highest BCUT2D eigenvalue weighted by atomic mass is 32.2. The molecule has 0 radical (unpaired) electrons. The maximum Gasteiger partial charge on any atom is 0.277 e. The minimum atomic E-state index is 0.113. The van der Waals surface area contributed by atoms with E-state index in [1.807, 2.05) is 17.3 Å². The van der Waals surface area contributed by atoms with Crippen molar-refractivity contribution in [1.29, 1.82) is 0 Å². The summed E-state index contributed by atoms with van der Waals surface area (Å²) in [6, 6.07) is 0. The first kappa shape index (κ1) is 18.9. The van der Waals surface area contributed by atoms with Crippen LogP contribution in [0.3, 0.4) is 0 Å². The number of likely N-dealkylation sites (N-methyl/N-ethyl adjacent to an activating group) is 1. The summed E-state index contributed by atoms with van der Waals surface area (Å²) in [5, 5.41) is 8.16. The van der Waals surface area contributed by atoms with E-state index < -0.39 is 0 Å². The SMILES string of the molecule is Cc1nnc(SCC(=O)N2CCC[C@@H](c3nccn3CCN(C)C)C2)o1. The molecule has 0 aromatic carbocycles. The second kappa shape index (κ2) is 8.68. The molecule has 1 amide bonds. The Hall–Kier alpha value is -1.87. The monoisotopic (exact) mass is 378 g/mol. The van der Waals surface area contributed by atoms with Crippen LogP contribution < -0.4 is 0 Å². The number of nitrogens with zero attached hydrogens (tertiary/aromatic N) is 6. The average Bonchev–Trinajstić information content (AvgIpc) is 3.26. The van der Waals surface area contributed by atoms with Crippen LogP contribution in [-0.4, -0.2) is 74.9 Å². The van der Waals surface area contributed by atoms with Gasteiger partial charge in [0.2, 0.25) is 11.8 Å². The van der Waals surface area contributed by atoms with E-state index in [1.165, 1.54) is 11.8 Å². The Morgan fingerprint density at radius 1 is 1.42 bits per heavy atom. The lowest BCUT2D eigenvalue weighted by Gasteiger charge is -2.32. The van der Waals surface area contributed by atoms with Crippen LogP contribution in [0.25, 0.3) is 0 Å². The topological polar surface area (TPSA) is 80.3 Å². The fourth-order valence-corrected chi connectivity index (χ4v) is 3.85. The van der Waals surface area contributed by atoms with Gasteiger partial charge in [-0.05, 0) is 26.9 Å². The molecule has 2 aromatic rings. The average molecular weight is 379 g/mol. The Kier molecular flexibility index (Phi) is 6.31. The zero-order valence-electron chi connectivity index (χ0n) is 15.6. The van der Waals surface area contributed by atoms with Crippen LogP contribution in [0.2, 0.25) is 0 Å². The number of aryl methyl sites for hydroxylation is 1. The van der Waals surface area contributed by atoms with Crippen molar-refractivity contribution in [3.8, 4) is 0 Å². The highest BCUT2D eigenvalue weighted by Crippen LogP contribution is 2.27. The van der Waals surface area contributed by atoms with Crippen molar-refractivity contribution in [2.45, 2.75) is 37.5 Å². The first-order valence-corrected chi connectivity index (χ1v) is 9.88. The summed E-state index contributed by atoms with van der Waals surface area (Å²) in [4.78, 5) is 21.3. The molecular formula is C17H26N6O2S. The predicted molar refractivity (Wildman–Crippen MR) is 99.1 cm³/mol. The van der Waals surface area contributed by atoms with Crippen LogP contribution in [0, 0.1) is 6.92 Å². The second-order valence-electron chi connectivity index (χ2n) is 6.84. The van der Waals surface area contributed by atoms with Crippen molar-refractivity contribution in [3.05, 3.63) is 24.1 Å². The summed E-state index contributed by atoms with van der Waals surface area (Å²) in [6.07, 6.45) is 5.97. The molecule has 1 aliphatic heterocycles. The van der Waals surface area contributed by atoms with Gasteiger partial charge < -0.3 is 18.8 Å². The number of carbonyl (C=O) groups is 1. The van der Waals surface area contributed by atoms with Crippen LogP contribution in [0.5, 0.6) is 0 Å². The maximum atomic E-state index is 12.6. The van der Waals surface area contributed by atoms with Crippen molar-refractivity contribution in [1.82, 2.24) is 29.5 Å². The van der Waals surface area contributed by atoms with Gasteiger partial charge in [-0.2, -0.15) is 0 Å². The second-order valence-corrected chi connectivity index (χ2v) is 7.76. The smallest absolute Gasteiger partial charge is 0.277 e. The third kappa shape index (κ3) is 4.85. The molecule has 1 fully saturated rings. The fourth-order valence-electron chi connectivity index (χ4n) is 3.14. The molecule has 0 N–H and O–H groups in total. The molecule has 1 atom stereocenters. The molecule has 8 nitrogen and oxygen atoms in total. The standard InChI is InChI=1S/C17H26N6O2S/c1-13-19-20-17(25-13)26-12-15(24)23-7-4-5-14(11-23)16-18-6-8-22(16)10-9-21(2)3/h6,8,14H,4-5,7,9-12H2,1-3H3/t14-/m1/s1. The van der Waals surface area contributed by atoms with Gasteiger partial charge >= 0.3 is 0 Å². The maximum absolute atomic E-state index is 12.6. The molecule has 0 bridgehead atoms. The molecule has 0 unspecified atom stereocenters. The third-order valence-corrected chi connectivity index (χ3v) is 5.30. The summed E-state index contributed by atoms with van der Waals surface area (Å²) in [5.41, 5.74) is 0. The zero-order valence-corrected chi connectivity index (χ0v) is 16.4. The highest BCUT2D eigenvalue weighted by molar-refractivity contribution is 7.99. The van der Waals surface area contributed by atoms with Crippen molar-refractivity contribution in [2.75, 3.05) is 39.5 Å². The number of rotatable bonds is 7. The summed E-state index contributed by atoms with van der Waals surface area (Å²) >= 11 is 1.30. The Morgan fingerprint density at radius 3 is 3.00 bits per heavy atom. The van der Waals surface area contributed by atoms with Crippen molar-refractivity contribution in [2.24, 2.45) is 0 Å². The molecule has 1 saturated heterocycles. The molecule has 2 aromatic heterocycles. The Labute approximate surface area is 158 Å². The number of piperidine rings is 1. The van der Waals surface area contributed by atoms with E-state index >= 15 is 0 Å².